The van der Waals surface area contributed by atoms with Crippen molar-refractivity contribution in [1.82, 2.24) is 15.1 Å². The van der Waals surface area contributed by atoms with Gasteiger partial charge < -0.3 is 15.1 Å². The van der Waals surface area contributed by atoms with Crippen LogP contribution in [0.5, 0.6) is 0 Å². The summed E-state index contributed by atoms with van der Waals surface area (Å²) in [7, 11) is 4.13. The quantitative estimate of drug-likeness (QED) is 0.749. The number of nitrogens with one attached hydrogen (secondary N) is 1. The first-order valence-corrected chi connectivity index (χ1v) is 11.4. The van der Waals surface area contributed by atoms with Crippen molar-refractivity contribution >= 4 is 11.8 Å². The van der Waals surface area contributed by atoms with Gasteiger partial charge >= 0.3 is 0 Å². The van der Waals surface area contributed by atoms with Gasteiger partial charge in [-0.2, -0.15) is 0 Å². The number of nitrogens with zero attached hydrogens (tertiary/aromatic N) is 2. The van der Waals surface area contributed by atoms with E-state index in [0.29, 0.717) is 18.7 Å². The lowest BCUT2D eigenvalue weighted by molar-refractivity contribution is -0.128. The van der Waals surface area contributed by atoms with Gasteiger partial charge in [-0.3, -0.25) is 9.59 Å². The number of benzene rings is 2. The van der Waals surface area contributed by atoms with Crippen LogP contribution in [0.2, 0.25) is 0 Å². The van der Waals surface area contributed by atoms with E-state index in [4.69, 9.17) is 0 Å². The van der Waals surface area contributed by atoms with Crippen molar-refractivity contribution in [2.24, 2.45) is 5.92 Å². The highest BCUT2D eigenvalue weighted by Gasteiger charge is 2.38. The molecule has 1 heterocycles. The monoisotopic (exact) mass is 419 g/mol. The summed E-state index contributed by atoms with van der Waals surface area (Å²) in [6, 6.07) is 18.2. The lowest BCUT2D eigenvalue weighted by Crippen LogP contribution is -2.44. The predicted molar refractivity (Wildman–Crippen MR) is 123 cm³/mol. The third-order valence-corrected chi connectivity index (χ3v) is 6.69. The molecule has 2 amide bonds. The Hall–Kier alpha value is -2.66. The standard InChI is InChI=1S/C26H33N3O2/c1-28(2)16-15-19-11-13-22(14-12-19)26(31)29-17-23(20-7-4-3-5-8-20)24(18-29)27-25(30)21-9-6-10-21/h3-5,7-8,11-14,21,23-24H,6,9-10,15-18H2,1-2H3,(H,27,30)/t23-,24+/m0/s1. The Kier molecular flexibility index (Phi) is 6.71. The van der Waals surface area contributed by atoms with E-state index in [1.807, 2.05) is 35.2 Å². The minimum atomic E-state index is -0.0428. The second-order valence-corrected chi connectivity index (χ2v) is 9.22. The molecule has 31 heavy (non-hydrogen) atoms. The predicted octanol–water partition coefficient (Wildman–Crippen LogP) is 3.32. The zero-order chi connectivity index (χ0) is 21.8. The summed E-state index contributed by atoms with van der Waals surface area (Å²) in [5, 5.41) is 3.26. The average molecular weight is 420 g/mol. The van der Waals surface area contributed by atoms with Crippen molar-refractivity contribution in [2.75, 3.05) is 33.7 Å². The molecule has 164 valence electrons. The van der Waals surface area contributed by atoms with E-state index in [1.165, 1.54) is 11.1 Å². The van der Waals surface area contributed by atoms with Crippen LogP contribution in [0.3, 0.4) is 0 Å². The second kappa shape index (κ2) is 9.65. The van der Waals surface area contributed by atoms with E-state index in [0.717, 1.165) is 32.2 Å². The third kappa shape index (κ3) is 5.16. The number of carbonyl (C=O) groups is 2. The third-order valence-electron chi connectivity index (χ3n) is 6.69. The van der Waals surface area contributed by atoms with E-state index in [-0.39, 0.29) is 29.7 Å². The molecule has 2 fully saturated rings. The molecule has 1 aliphatic heterocycles. The van der Waals surface area contributed by atoms with E-state index in [1.54, 1.807) is 0 Å². The molecule has 0 aromatic heterocycles. The fourth-order valence-corrected chi connectivity index (χ4v) is 4.47. The first kappa shape index (κ1) is 21.6. The van der Waals surface area contributed by atoms with E-state index < -0.39 is 0 Å². The Morgan fingerprint density at radius 2 is 1.71 bits per heavy atom. The average Bonchev–Trinajstić information content (AvgIpc) is 3.15. The number of hydrogen-bond donors (Lipinski definition) is 1. The summed E-state index contributed by atoms with van der Waals surface area (Å²) in [6.45, 7) is 2.17. The van der Waals surface area contributed by atoms with Gasteiger partial charge in [0, 0.05) is 37.0 Å². The maximum Gasteiger partial charge on any atom is 0.253 e. The molecule has 1 saturated heterocycles. The van der Waals surface area contributed by atoms with Gasteiger partial charge in [-0.05, 0) is 56.6 Å². The number of likely N-dealkylation sites (N-methyl/N-ethyl adjacent to an activating group) is 1. The van der Waals surface area contributed by atoms with Crippen molar-refractivity contribution in [3.8, 4) is 0 Å². The molecule has 1 N–H and O–H groups in total. The number of carbonyl (C=O) groups excluding carboxylic acids is 2. The molecule has 5 nitrogen and oxygen atoms in total. The zero-order valence-electron chi connectivity index (χ0n) is 18.6. The smallest absolute Gasteiger partial charge is 0.253 e. The molecule has 2 aromatic carbocycles. The van der Waals surface area contributed by atoms with Crippen LogP contribution in [0.15, 0.2) is 54.6 Å². The minimum Gasteiger partial charge on any atom is -0.351 e. The minimum absolute atomic E-state index is 0.0421. The second-order valence-electron chi connectivity index (χ2n) is 9.22. The summed E-state index contributed by atoms with van der Waals surface area (Å²) < 4.78 is 0. The number of likely N-dealkylation sites (tertiary alicyclic amines) is 1. The highest BCUT2D eigenvalue weighted by Crippen LogP contribution is 2.31. The van der Waals surface area contributed by atoms with Crippen molar-refractivity contribution in [3.05, 3.63) is 71.3 Å². The van der Waals surface area contributed by atoms with Crippen LogP contribution in [0.4, 0.5) is 0 Å². The summed E-state index contributed by atoms with van der Waals surface area (Å²) >= 11 is 0. The van der Waals surface area contributed by atoms with Gasteiger partial charge in [-0.1, -0.05) is 48.9 Å². The van der Waals surface area contributed by atoms with Crippen LogP contribution in [-0.2, 0) is 11.2 Å². The molecule has 5 heteroatoms. The Morgan fingerprint density at radius 1 is 1.00 bits per heavy atom. The van der Waals surface area contributed by atoms with Gasteiger partial charge in [0.2, 0.25) is 5.91 Å². The van der Waals surface area contributed by atoms with Crippen molar-refractivity contribution in [2.45, 2.75) is 37.6 Å². The molecular formula is C26H33N3O2. The molecule has 0 unspecified atom stereocenters. The lowest BCUT2D eigenvalue weighted by atomic mass is 9.84. The Bertz CT molecular complexity index is 891. The van der Waals surface area contributed by atoms with Gasteiger partial charge in [-0.25, -0.2) is 0 Å². The highest BCUT2D eigenvalue weighted by molar-refractivity contribution is 5.94. The van der Waals surface area contributed by atoms with Gasteiger partial charge in [0.15, 0.2) is 0 Å². The largest absolute Gasteiger partial charge is 0.351 e. The maximum atomic E-state index is 13.2. The first-order chi connectivity index (χ1) is 15.0. The Labute approximate surface area is 185 Å². The summed E-state index contributed by atoms with van der Waals surface area (Å²) in [5.41, 5.74) is 3.13. The SMILES string of the molecule is CN(C)CCc1ccc(C(=O)N2C[C@@H](NC(=O)C3CCC3)[C@H](c3ccccc3)C2)cc1. The molecule has 0 spiro atoms. The topological polar surface area (TPSA) is 52.7 Å². The van der Waals surface area contributed by atoms with Gasteiger partial charge in [0.1, 0.15) is 0 Å². The maximum absolute atomic E-state index is 13.2. The van der Waals surface area contributed by atoms with Crippen LogP contribution in [0.25, 0.3) is 0 Å². The fraction of sp³-hybridized carbons (Fsp3) is 0.462. The molecule has 4 rings (SSSR count). The molecule has 2 aromatic rings. The number of hydrogen-bond acceptors (Lipinski definition) is 3. The first-order valence-electron chi connectivity index (χ1n) is 11.4. The van der Waals surface area contributed by atoms with Gasteiger partial charge in [-0.15, -0.1) is 0 Å². The summed E-state index contributed by atoms with van der Waals surface area (Å²) in [4.78, 5) is 29.9. The molecule has 2 aliphatic rings. The van der Waals surface area contributed by atoms with Crippen molar-refractivity contribution in [3.63, 3.8) is 0 Å². The van der Waals surface area contributed by atoms with E-state index >= 15 is 0 Å². The van der Waals surface area contributed by atoms with E-state index in [9.17, 15) is 9.59 Å². The summed E-state index contributed by atoms with van der Waals surface area (Å²) in [6.07, 6.45) is 4.07. The van der Waals surface area contributed by atoms with Gasteiger partial charge in [0.05, 0.1) is 6.04 Å². The molecule has 1 saturated carbocycles. The number of rotatable bonds is 7. The molecule has 0 bridgehead atoms. The Morgan fingerprint density at radius 3 is 2.32 bits per heavy atom. The molecule has 0 radical (unpaired) electrons. The van der Waals surface area contributed by atoms with E-state index in [2.05, 4.69) is 48.6 Å². The lowest BCUT2D eigenvalue weighted by Gasteiger charge is -2.28. The molecular weight excluding hydrogens is 386 g/mol. The normalized spacial score (nSPS) is 21.2. The van der Waals surface area contributed by atoms with Crippen molar-refractivity contribution < 1.29 is 9.59 Å². The summed E-state index contributed by atoms with van der Waals surface area (Å²) in [5.74, 6) is 0.460. The van der Waals surface area contributed by atoms with Gasteiger partial charge in [0.25, 0.3) is 5.91 Å². The van der Waals surface area contributed by atoms with Crippen LogP contribution in [-0.4, -0.2) is 61.4 Å². The number of amides is 2. The molecule has 1 aliphatic carbocycles. The highest BCUT2D eigenvalue weighted by atomic mass is 16.2. The molecule has 2 atom stereocenters. The van der Waals surface area contributed by atoms with Crippen molar-refractivity contribution in [1.29, 1.82) is 0 Å². The fourth-order valence-electron chi connectivity index (χ4n) is 4.47. The van der Waals surface area contributed by atoms with Crippen LogP contribution in [0, 0.1) is 5.92 Å². The van der Waals surface area contributed by atoms with Crippen LogP contribution < -0.4 is 5.32 Å². The van der Waals surface area contributed by atoms with Crippen LogP contribution in [0.1, 0.15) is 46.7 Å². The zero-order valence-corrected chi connectivity index (χ0v) is 18.6. The van der Waals surface area contributed by atoms with Crippen LogP contribution >= 0.6 is 0 Å². The Balaban J connectivity index is 1.46.